The summed E-state index contributed by atoms with van der Waals surface area (Å²) in [6, 6.07) is 8.46. The average molecular weight is 443 g/mol. The minimum absolute atomic E-state index is 0.352. The highest BCUT2D eigenvalue weighted by Gasteiger charge is 2.19. The van der Waals surface area contributed by atoms with Gasteiger partial charge in [-0.3, -0.25) is 4.68 Å². The smallest absolute Gasteiger partial charge is 0.231 e. The predicted octanol–water partition coefficient (Wildman–Crippen LogP) is 4.73. The summed E-state index contributed by atoms with van der Waals surface area (Å²) >= 11 is 0. The largest absolute Gasteiger partial charge is 0.496 e. The molecular formula is C24H26N8O. The van der Waals surface area contributed by atoms with E-state index >= 15 is 0 Å². The lowest BCUT2D eigenvalue weighted by molar-refractivity contribution is 0.416. The molecule has 4 aromatic rings. The van der Waals surface area contributed by atoms with Gasteiger partial charge in [0.2, 0.25) is 5.95 Å². The van der Waals surface area contributed by atoms with Gasteiger partial charge in [-0.25, -0.2) is 0 Å². The Kier molecular flexibility index (Phi) is 5.57. The van der Waals surface area contributed by atoms with Gasteiger partial charge >= 0.3 is 0 Å². The van der Waals surface area contributed by atoms with Crippen LogP contribution in [-0.4, -0.2) is 37.9 Å². The number of methoxy groups -OCH3 is 1. The summed E-state index contributed by atoms with van der Waals surface area (Å²) in [6.07, 6.45) is 11.3. The van der Waals surface area contributed by atoms with Crippen LogP contribution in [-0.2, 0) is 7.05 Å². The molecule has 1 aromatic carbocycles. The van der Waals surface area contributed by atoms with Crippen LogP contribution < -0.4 is 15.4 Å². The van der Waals surface area contributed by atoms with E-state index in [1.54, 1.807) is 18.0 Å². The molecular weight excluding hydrogens is 416 g/mol. The molecule has 0 atom stereocenters. The first-order valence-corrected chi connectivity index (χ1v) is 11.1. The first-order chi connectivity index (χ1) is 16.1. The monoisotopic (exact) mass is 442 g/mol. The summed E-state index contributed by atoms with van der Waals surface area (Å²) < 4.78 is 7.39. The number of rotatable bonds is 6. The third kappa shape index (κ3) is 4.20. The third-order valence-corrected chi connectivity index (χ3v) is 6.07. The van der Waals surface area contributed by atoms with E-state index in [1.165, 1.54) is 19.3 Å². The molecule has 0 unspecified atom stereocenters. The number of benzene rings is 1. The van der Waals surface area contributed by atoms with E-state index in [0.29, 0.717) is 29.0 Å². The fourth-order valence-corrected chi connectivity index (χ4v) is 4.42. The summed E-state index contributed by atoms with van der Waals surface area (Å²) in [4.78, 5) is 12.5. The minimum atomic E-state index is 0.352. The zero-order valence-corrected chi connectivity index (χ0v) is 18.7. The van der Waals surface area contributed by atoms with Crippen LogP contribution in [0.4, 0.5) is 17.5 Å². The van der Waals surface area contributed by atoms with Gasteiger partial charge in [0.15, 0.2) is 0 Å². The van der Waals surface area contributed by atoms with E-state index in [0.717, 1.165) is 40.8 Å². The maximum atomic E-state index is 9.55. The Hall–Kier alpha value is -4.06. The van der Waals surface area contributed by atoms with Crippen molar-refractivity contribution in [3.8, 4) is 22.9 Å². The number of aromatic amines is 1. The number of aromatic nitrogens is 5. The van der Waals surface area contributed by atoms with Crippen molar-refractivity contribution in [3.63, 3.8) is 0 Å². The predicted molar refractivity (Wildman–Crippen MR) is 128 cm³/mol. The first-order valence-electron chi connectivity index (χ1n) is 11.1. The van der Waals surface area contributed by atoms with Gasteiger partial charge in [0.05, 0.1) is 24.3 Å². The zero-order chi connectivity index (χ0) is 22.8. The van der Waals surface area contributed by atoms with E-state index in [-0.39, 0.29) is 0 Å². The van der Waals surface area contributed by atoms with Gasteiger partial charge in [-0.05, 0) is 25.0 Å². The normalized spacial score (nSPS) is 14.2. The molecule has 0 aliphatic heterocycles. The van der Waals surface area contributed by atoms with Crippen molar-refractivity contribution in [2.75, 3.05) is 17.7 Å². The highest BCUT2D eigenvalue weighted by molar-refractivity contribution is 5.93. The number of ether oxygens (including phenoxy) is 1. The van der Waals surface area contributed by atoms with Crippen molar-refractivity contribution in [2.24, 2.45) is 7.05 Å². The summed E-state index contributed by atoms with van der Waals surface area (Å²) in [6.45, 7) is 0. The number of nitriles is 1. The standard InChI is InChI=1S/C24H26N8O/c1-32-14-16(13-27-32)19-9-8-18(10-20(19)33-2)29-24-30-22-21(15(11-25)12-26-22)23(31-24)28-17-6-4-3-5-7-17/h8-10,12-14,17H,3-7H2,1-2H3,(H3,26,28,29,30,31). The molecule has 5 rings (SSSR count). The van der Waals surface area contributed by atoms with Gasteiger partial charge in [0.25, 0.3) is 0 Å². The Morgan fingerprint density at radius 3 is 2.79 bits per heavy atom. The van der Waals surface area contributed by atoms with E-state index in [1.807, 2.05) is 37.6 Å². The van der Waals surface area contributed by atoms with Crippen LogP contribution in [0.5, 0.6) is 5.75 Å². The fourth-order valence-electron chi connectivity index (χ4n) is 4.42. The first kappa shape index (κ1) is 20.8. The number of H-pyrrole nitrogens is 1. The van der Waals surface area contributed by atoms with E-state index < -0.39 is 0 Å². The van der Waals surface area contributed by atoms with Crippen LogP contribution in [0, 0.1) is 11.3 Å². The van der Waals surface area contributed by atoms with Gasteiger partial charge in [0, 0.05) is 48.4 Å². The quantitative estimate of drug-likeness (QED) is 0.395. The molecule has 0 radical (unpaired) electrons. The molecule has 33 heavy (non-hydrogen) atoms. The van der Waals surface area contributed by atoms with Crippen LogP contribution in [0.15, 0.2) is 36.8 Å². The molecule has 0 saturated heterocycles. The van der Waals surface area contributed by atoms with Crippen LogP contribution >= 0.6 is 0 Å². The Bertz CT molecular complexity index is 1330. The second-order valence-electron chi connectivity index (χ2n) is 8.36. The number of hydrogen-bond donors (Lipinski definition) is 3. The van der Waals surface area contributed by atoms with Crippen LogP contribution in [0.1, 0.15) is 37.7 Å². The average Bonchev–Trinajstić information content (AvgIpc) is 3.45. The SMILES string of the molecule is COc1cc(Nc2nc(NC3CCCCC3)c3c(C#N)c[nH]c3n2)ccc1-c1cnn(C)c1. The molecule has 1 aliphatic carbocycles. The number of anilines is 3. The molecule has 1 fully saturated rings. The highest BCUT2D eigenvalue weighted by atomic mass is 16.5. The van der Waals surface area contributed by atoms with Crippen LogP contribution in [0.2, 0.25) is 0 Å². The highest BCUT2D eigenvalue weighted by Crippen LogP contribution is 2.34. The van der Waals surface area contributed by atoms with Gasteiger partial charge < -0.3 is 20.4 Å². The van der Waals surface area contributed by atoms with Crippen molar-refractivity contribution in [2.45, 2.75) is 38.1 Å². The second kappa shape index (κ2) is 8.82. The Morgan fingerprint density at radius 1 is 1.21 bits per heavy atom. The lowest BCUT2D eigenvalue weighted by atomic mass is 9.95. The molecule has 3 aromatic heterocycles. The van der Waals surface area contributed by atoms with Crippen molar-refractivity contribution < 1.29 is 4.74 Å². The number of nitrogens with zero attached hydrogens (tertiary/aromatic N) is 5. The van der Waals surface area contributed by atoms with Crippen molar-refractivity contribution in [1.82, 2.24) is 24.7 Å². The lowest BCUT2D eigenvalue weighted by Crippen LogP contribution is -2.23. The van der Waals surface area contributed by atoms with Gasteiger partial charge in [-0.1, -0.05) is 19.3 Å². The van der Waals surface area contributed by atoms with E-state index in [9.17, 15) is 5.26 Å². The van der Waals surface area contributed by atoms with Crippen molar-refractivity contribution in [3.05, 3.63) is 42.4 Å². The topological polar surface area (TPSA) is 116 Å². The summed E-state index contributed by atoms with van der Waals surface area (Å²) in [5, 5.41) is 21.4. The molecule has 0 bridgehead atoms. The summed E-state index contributed by atoms with van der Waals surface area (Å²) in [5.74, 6) is 1.86. The Balaban J connectivity index is 1.48. The Labute approximate surface area is 191 Å². The van der Waals surface area contributed by atoms with Crippen LogP contribution in [0.3, 0.4) is 0 Å². The Morgan fingerprint density at radius 2 is 2.06 bits per heavy atom. The number of fused-ring (bicyclic) bond motifs is 1. The molecule has 168 valence electrons. The maximum absolute atomic E-state index is 9.55. The molecule has 1 saturated carbocycles. The summed E-state index contributed by atoms with van der Waals surface area (Å²) in [5.41, 5.74) is 3.90. The summed E-state index contributed by atoms with van der Waals surface area (Å²) in [7, 11) is 3.53. The van der Waals surface area contributed by atoms with Gasteiger partial charge in [0.1, 0.15) is 23.3 Å². The molecule has 3 heterocycles. The lowest BCUT2D eigenvalue weighted by Gasteiger charge is -2.24. The number of hydrogen-bond acceptors (Lipinski definition) is 7. The number of aryl methyl sites for hydroxylation is 1. The van der Waals surface area contributed by atoms with Crippen molar-refractivity contribution in [1.29, 1.82) is 5.26 Å². The third-order valence-electron chi connectivity index (χ3n) is 6.07. The van der Waals surface area contributed by atoms with Crippen LogP contribution in [0.25, 0.3) is 22.2 Å². The zero-order valence-electron chi connectivity index (χ0n) is 18.7. The van der Waals surface area contributed by atoms with Gasteiger partial charge in [-0.2, -0.15) is 20.3 Å². The van der Waals surface area contributed by atoms with Crippen molar-refractivity contribution >= 4 is 28.5 Å². The molecule has 1 aliphatic rings. The molecule has 3 N–H and O–H groups in total. The minimum Gasteiger partial charge on any atom is -0.496 e. The molecule has 9 heteroatoms. The maximum Gasteiger partial charge on any atom is 0.231 e. The van der Waals surface area contributed by atoms with E-state index in [4.69, 9.17) is 9.72 Å². The molecule has 0 amide bonds. The fraction of sp³-hybridized carbons (Fsp3) is 0.333. The molecule has 0 spiro atoms. The number of nitrogens with one attached hydrogen (secondary N) is 3. The molecule has 9 nitrogen and oxygen atoms in total. The second-order valence-corrected chi connectivity index (χ2v) is 8.36. The van der Waals surface area contributed by atoms with Gasteiger partial charge in [-0.15, -0.1) is 0 Å². The van der Waals surface area contributed by atoms with E-state index in [2.05, 4.69) is 31.8 Å².